The molecule has 3 nitrogen and oxygen atoms in total. The minimum absolute atomic E-state index is 0.126. The molecule has 0 amide bonds. The first-order chi connectivity index (χ1) is 7.48. The van der Waals surface area contributed by atoms with Gasteiger partial charge in [-0.25, -0.2) is 0 Å². The highest BCUT2D eigenvalue weighted by Gasteiger charge is 2.13. The van der Waals surface area contributed by atoms with Crippen LogP contribution >= 0.6 is 0 Å². The molecule has 2 rings (SSSR count). The first-order valence-corrected chi connectivity index (χ1v) is 5.25. The molecule has 0 aliphatic rings. The molecular formula is C13H15NO2. The van der Waals surface area contributed by atoms with Crippen LogP contribution in [0, 0.1) is 0 Å². The predicted octanol–water partition coefficient (Wildman–Crippen LogP) is 2.93. The first kappa shape index (κ1) is 10.7. The van der Waals surface area contributed by atoms with Crippen molar-refractivity contribution in [3.05, 3.63) is 46.4 Å². The van der Waals surface area contributed by atoms with Gasteiger partial charge in [-0.15, -0.1) is 0 Å². The molecule has 0 aliphatic carbocycles. The predicted molar refractivity (Wildman–Crippen MR) is 63.5 cm³/mol. The number of aromatic nitrogens is 1. The highest BCUT2D eigenvalue weighted by atomic mass is 16.5. The minimum Gasteiger partial charge on any atom is -0.386 e. The van der Waals surface area contributed by atoms with E-state index in [-0.39, 0.29) is 11.0 Å². The van der Waals surface area contributed by atoms with Crippen LogP contribution in [0.2, 0.25) is 0 Å². The average Bonchev–Trinajstić information content (AvgIpc) is 2.63. The molecule has 1 N–H and O–H groups in total. The van der Waals surface area contributed by atoms with E-state index >= 15 is 0 Å². The second-order valence-corrected chi connectivity index (χ2v) is 4.91. The molecule has 2 aromatic rings. The van der Waals surface area contributed by atoms with E-state index < -0.39 is 0 Å². The maximum absolute atomic E-state index is 11.4. The number of nitrogens with one attached hydrogen (secondary N) is 1. The summed E-state index contributed by atoms with van der Waals surface area (Å²) in [5.41, 5.74) is 2.63. The minimum atomic E-state index is -0.191. The summed E-state index contributed by atoms with van der Waals surface area (Å²) in [5, 5.41) is 2.28. The van der Waals surface area contributed by atoms with Gasteiger partial charge >= 0.3 is 0 Å². The third kappa shape index (κ3) is 1.94. The van der Waals surface area contributed by atoms with Gasteiger partial charge in [-0.3, -0.25) is 4.79 Å². The molecule has 0 atom stereocenters. The maximum atomic E-state index is 11.4. The van der Waals surface area contributed by atoms with Gasteiger partial charge in [0, 0.05) is 0 Å². The van der Waals surface area contributed by atoms with Crippen LogP contribution in [0.4, 0.5) is 0 Å². The molecule has 0 fully saturated rings. The van der Waals surface area contributed by atoms with Gasteiger partial charge in [0.1, 0.15) is 6.26 Å². The summed E-state index contributed by atoms with van der Waals surface area (Å²) < 4.78 is 4.76. The molecule has 0 aliphatic heterocycles. The van der Waals surface area contributed by atoms with Crippen LogP contribution in [0.1, 0.15) is 26.3 Å². The Bertz CT molecular complexity index is 526. The van der Waals surface area contributed by atoms with Crippen LogP contribution in [-0.4, -0.2) is 5.16 Å². The van der Waals surface area contributed by atoms with Crippen LogP contribution in [0.15, 0.2) is 39.8 Å². The molecule has 0 spiro atoms. The van der Waals surface area contributed by atoms with E-state index in [1.165, 1.54) is 11.8 Å². The number of rotatable bonds is 1. The zero-order valence-electron chi connectivity index (χ0n) is 9.70. The summed E-state index contributed by atoms with van der Waals surface area (Å²) in [5.74, 6) is 0. The lowest BCUT2D eigenvalue weighted by Crippen LogP contribution is -2.10. The summed E-state index contributed by atoms with van der Waals surface area (Å²) in [4.78, 5) is 11.4. The first-order valence-electron chi connectivity index (χ1n) is 5.25. The van der Waals surface area contributed by atoms with Crippen LogP contribution in [-0.2, 0) is 5.41 Å². The number of hydrogen-bond donors (Lipinski definition) is 1. The standard InChI is InChI=1S/C13H15NO2/c1-13(2,3)10-6-4-9(5-7-10)11-8-16-14-12(11)15/h4-8H,1-3H3,(H,14,15). The van der Waals surface area contributed by atoms with Crippen LogP contribution in [0.5, 0.6) is 0 Å². The lowest BCUT2D eigenvalue weighted by molar-refractivity contribution is 0.414. The van der Waals surface area contributed by atoms with Crippen molar-refractivity contribution < 1.29 is 4.52 Å². The molecular weight excluding hydrogens is 202 g/mol. The lowest BCUT2D eigenvalue weighted by Gasteiger charge is -2.18. The Labute approximate surface area is 94.1 Å². The SMILES string of the molecule is CC(C)(C)c1ccc(-c2co[nH]c2=O)cc1. The molecule has 3 heteroatoms. The fraction of sp³-hybridized carbons (Fsp3) is 0.308. The van der Waals surface area contributed by atoms with Gasteiger partial charge in [0.15, 0.2) is 0 Å². The number of benzene rings is 1. The third-order valence-corrected chi connectivity index (χ3v) is 2.63. The van der Waals surface area contributed by atoms with Crippen molar-refractivity contribution in [1.29, 1.82) is 0 Å². The van der Waals surface area contributed by atoms with E-state index in [0.29, 0.717) is 5.56 Å². The highest BCUT2D eigenvalue weighted by Crippen LogP contribution is 2.24. The van der Waals surface area contributed by atoms with E-state index in [0.717, 1.165) is 5.56 Å². The van der Waals surface area contributed by atoms with Crippen LogP contribution in [0.25, 0.3) is 11.1 Å². The van der Waals surface area contributed by atoms with E-state index in [1.807, 2.05) is 24.3 Å². The van der Waals surface area contributed by atoms with Gasteiger partial charge in [-0.1, -0.05) is 45.0 Å². The van der Waals surface area contributed by atoms with Gasteiger partial charge in [0.05, 0.1) is 5.56 Å². The summed E-state index contributed by atoms with van der Waals surface area (Å²) in [6.45, 7) is 6.48. The Morgan fingerprint density at radius 3 is 2.19 bits per heavy atom. The van der Waals surface area contributed by atoms with Gasteiger partial charge in [0.25, 0.3) is 5.56 Å². The number of H-pyrrole nitrogens is 1. The summed E-state index contributed by atoms with van der Waals surface area (Å²) in [7, 11) is 0. The van der Waals surface area contributed by atoms with Crippen LogP contribution in [0.3, 0.4) is 0 Å². The smallest absolute Gasteiger partial charge is 0.287 e. The van der Waals surface area contributed by atoms with Crippen molar-refractivity contribution >= 4 is 0 Å². The summed E-state index contributed by atoms with van der Waals surface area (Å²) in [6, 6.07) is 7.98. The number of hydrogen-bond acceptors (Lipinski definition) is 2. The molecule has 0 unspecified atom stereocenters. The molecule has 0 saturated heterocycles. The second-order valence-electron chi connectivity index (χ2n) is 4.91. The van der Waals surface area contributed by atoms with E-state index in [4.69, 9.17) is 4.52 Å². The quantitative estimate of drug-likeness (QED) is 0.798. The van der Waals surface area contributed by atoms with Crippen molar-refractivity contribution in [3.63, 3.8) is 0 Å². The lowest BCUT2D eigenvalue weighted by atomic mass is 9.86. The Balaban J connectivity index is 2.41. The molecule has 1 aromatic carbocycles. The second kappa shape index (κ2) is 3.67. The van der Waals surface area contributed by atoms with Crippen molar-refractivity contribution in [2.45, 2.75) is 26.2 Å². The molecule has 1 aromatic heterocycles. The topological polar surface area (TPSA) is 46.0 Å². The van der Waals surface area contributed by atoms with Gasteiger partial charge in [-0.05, 0) is 16.5 Å². The molecule has 84 valence electrons. The Morgan fingerprint density at radius 2 is 1.75 bits per heavy atom. The van der Waals surface area contributed by atoms with E-state index in [9.17, 15) is 4.79 Å². The van der Waals surface area contributed by atoms with Gasteiger partial charge in [0.2, 0.25) is 0 Å². The van der Waals surface area contributed by atoms with Crippen molar-refractivity contribution in [3.8, 4) is 11.1 Å². The van der Waals surface area contributed by atoms with Crippen LogP contribution < -0.4 is 5.56 Å². The summed E-state index contributed by atoms with van der Waals surface area (Å²) in [6.07, 6.45) is 1.44. The fourth-order valence-corrected chi connectivity index (χ4v) is 1.60. The Hall–Kier alpha value is -1.77. The van der Waals surface area contributed by atoms with E-state index in [2.05, 4.69) is 25.9 Å². The fourth-order valence-electron chi connectivity index (χ4n) is 1.60. The van der Waals surface area contributed by atoms with E-state index in [1.54, 1.807) is 0 Å². The average molecular weight is 217 g/mol. The molecule has 1 heterocycles. The molecule has 0 bridgehead atoms. The highest BCUT2D eigenvalue weighted by molar-refractivity contribution is 5.61. The third-order valence-electron chi connectivity index (χ3n) is 2.63. The Morgan fingerprint density at radius 1 is 1.12 bits per heavy atom. The Kier molecular flexibility index (Phi) is 2.46. The van der Waals surface area contributed by atoms with Crippen molar-refractivity contribution in [2.24, 2.45) is 0 Å². The molecule has 0 saturated carbocycles. The monoisotopic (exact) mass is 217 g/mol. The largest absolute Gasteiger partial charge is 0.386 e. The number of aromatic amines is 1. The van der Waals surface area contributed by atoms with Crippen molar-refractivity contribution in [2.75, 3.05) is 0 Å². The molecule has 16 heavy (non-hydrogen) atoms. The van der Waals surface area contributed by atoms with Gasteiger partial charge < -0.3 is 4.52 Å². The summed E-state index contributed by atoms with van der Waals surface area (Å²) >= 11 is 0. The zero-order valence-corrected chi connectivity index (χ0v) is 9.70. The molecule has 0 radical (unpaired) electrons. The van der Waals surface area contributed by atoms with Crippen molar-refractivity contribution in [1.82, 2.24) is 5.16 Å². The normalized spacial score (nSPS) is 11.7. The van der Waals surface area contributed by atoms with Gasteiger partial charge in [-0.2, -0.15) is 5.16 Å². The maximum Gasteiger partial charge on any atom is 0.287 e. The zero-order chi connectivity index (χ0) is 11.8.